The van der Waals surface area contributed by atoms with Gasteiger partial charge in [-0.3, -0.25) is 4.79 Å². The van der Waals surface area contributed by atoms with Gasteiger partial charge in [0.15, 0.2) is 5.78 Å². The van der Waals surface area contributed by atoms with Gasteiger partial charge in [0.2, 0.25) is 0 Å². The first kappa shape index (κ1) is 10.6. The van der Waals surface area contributed by atoms with Gasteiger partial charge in [-0.05, 0) is 13.3 Å². The quantitative estimate of drug-likeness (QED) is 0.714. The fourth-order valence-electron chi connectivity index (χ4n) is 2.21. The van der Waals surface area contributed by atoms with E-state index in [1.54, 1.807) is 6.08 Å². The van der Waals surface area contributed by atoms with Crippen LogP contribution in [0.2, 0.25) is 0 Å². The molecule has 0 spiro atoms. The molecule has 1 saturated heterocycles. The second-order valence-electron chi connectivity index (χ2n) is 4.26. The number of allylic oxidation sites excluding steroid dienone is 2. The Morgan fingerprint density at radius 2 is 2.33 bits per heavy atom. The molecule has 1 fully saturated rings. The number of carbonyl (C=O) groups is 1. The molecule has 2 unspecified atom stereocenters. The summed E-state index contributed by atoms with van der Waals surface area (Å²) in [6, 6.07) is 0. The topological polar surface area (TPSA) is 49.8 Å². The van der Waals surface area contributed by atoms with Gasteiger partial charge in [0.25, 0.3) is 0 Å². The summed E-state index contributed by atoms with van der Waals surface area (Å²) in [5.74, 6) is 0.213. The van der Waals surface area contributed by atoms with E-state index in [-0.39, 0.29) is 24.6 Å². The summed E-state index contributed by atoms with van der Waals surface area (Å²) in [5, 5.41) is 9.08. The van der Waals surface area contributed by atoms with E-state index in [9.17, 15) is 4.79 Å². The minimum atomic E-state index is -0.120. The molecular formula is C11H17NO3. The number of ketones is 1. The minimum Gasteiger partial charge on any atom is -0.394 e. The van der Waals surface area contributed by atoms with Crippen LogP contribution in [0.4, 0.5) is 0 Å². The van der Waals surface area contributed by atoms with Crippen LogP contribution in [0.1, 0.15) is 19.8 Å². The molecule has 1 heterocycles. The average molecular weight is 211 g/mol. The maximum atomic E-state index is 11.1. The third-order valence-corrected chi connectivity index (χ3v) is 2.89. The molecule has 1 N–H and O–H groups in total. The minimum absolute atomic E-state index is 0.0437. The molecule has 0 amide bonds. The Morgan fingerprint density at radius 1 is 1.53 bits per heavy atom. The zero-order valence-electron chi connectivity index (χ0n) is 8.98. The summed E-state index contributed by atoms with van der Waals surface area (Å²) < 4.78 is 5.55. The molecule has 15 heavy (non-hydrogen) atoms. The number of hydrogen-bond acceptors (Lipinski definition) is 4. The molecular weight excluding hydrogens is 194 g/mol. The Hall–Kier alpha value is -0.870. The normalized spacial score (nSPS) is 32.0. The Labute approximate surface area is 89.5 Å². The van der Waals surface area contributed by atoms with Crippen LogP contribution < -0.4 is 0 Å². The Kier molecular flexibility index (Phi) is 3.07. The number of nitrogens with zero attached hydrogens (tertiary/aromatic N) is 1. The zero-order chi connectivity index (χ0) is 10.8. The SMILES string of the molecule is CC1CN(C2=CC(=O)CC2)CC(CO)O1. The van der Waals surface area contributed by atoms with Crippen LogP contribution >= 0.6 is 0 Å². The van der Waals surface area contributed by atoms with E-state index in [2.05, 4.69) is 4.90 Å². The Morgan fingerprint density at radius 3 is 2.93 bits per heavy atom. The zero-order valence-corrected chi connectivity index (χ0v) is 8.98. The highest BCUT2D eigenvalue weighted by Gasteiger charge is 2.27. The van der Waals surface area contributed by atoms with Crippen molar-refractivity contribution >= 4 is 5.78 Å². The lowest BCUT2D eigenvalue weighted by Gasteiger charge is -2.38. The molecule has 0 radical (unpaired) electrons. The average Bonchev–Trinajstić information content (AvgIpc) is 2.64. The molecule has 0 saturated carbocycles. The van der Waals surface area contributed by atoms with E-state index >= 15 is 0 Å². The first-order valence-corrected chi connectivity index (χ1v) is 5.43. The predicted octanol–water partition coefficient (Wildman–Crippen LogP) is 0.315. The molecule has 0 aromatic carbocycles. The van der Waals surface area contributed by atoms with Gasteiger partial charge in [-0.25, -0.2) is 0 Å². The Balaban J connectivity index is 2.02. The number of morpholine rings is 1. The van der Waals surface area contributed by atoms with Crippen LogP contribution in [0, 0.1) is 0 Å². The van der Waals surface area contributed by atoms with Gasteiger partial charge in [-0.2, -0.15) is 0 Å². The highest BCUT2D eigenvalue weighted by atomic mass is 16.5. The highest BCUT2D eigenvalue weighted by Crippen LogP contribution is 2.23. The molecule has 4 nitrogen and oxygen atoms in total. The molecule has 0 bridgehead atoms. The van der Waals surface area contributed by atoms with Crippen molar-refractivity contribution in [1.82, 2.24) is 4.90 Å². The molecule has 0 aromatic rings. The number of aliphatic hydroxyl groups excluding tert-OH is 1. The van der Waals surface area contributed by atoms with Gasteiger partial charge < -0.3 is 14.7 Å². The largest absolute Gasteiger partial charge is 0.394 e. The number of carbonyl (C=O) groups excluding carboxylic acids is 1. The van der Waals surface area contributed by atoms with Crippen molar-refractivity contribution in [2.75, 3.05) is 19.7 Å². The Bertz CT molecular complexity index is 288. The van der Waals surface area contributed by atoms with Gasteiger partial charge in [0.05, 0.1) is 18.8 Å². The van der Waals surface area contributed by atoms with Crippen molar-refractivity contribution < 1.29 is 14.6 Å². The summed E-state index contributed by atoms with van der Waals surface area (Å²) in [6.45, 7) is 3.55. The van der Waals surface area contributed by atoms with E-state index in [1.165, 1.54) is 0 Å². The standard InChI is InChI=1S/C11H17NO3/c1-8-5-12(6-11(7-13)15-8)9-2-3-10(14)4-9/h4,8,11,13H,2-3,5-7H2,1H3. The smallest absolute Gasteiger partial charge is 0.157 e. The number of hydrogen-bond donors (Lipinski definition) is 1. The van der Waals surface area contributed by atoms with Gasteiger partial charge in [0, 0.05) is 31.3 Å². The molecule has 0 aromatic heterocycles. The first-order valence-electron chi connectivity index (χ1n) is 5.43. The fourth-order valence-corrected chi connectivity index (χ4v) is 2.21. The lowest BCUT2D eigenvalue weighted by molar-refractivity contribution is -0.114. The van der Waals surface area contributed by atoms with Crippen LogP contribution in [-0.4, -0.2) is 47.7 Å². The second kappa shape index (κ2) is 4.33. The van der Waals surface area contributed by atoms with E-state index in [4.69, 9.17) is 9.84 Å². The summed E-state index contributed by atoms with van der Waals surface area (Å²) in [7, 11) is 0. The highest BCUT2D eigenvalue weighted by molar-refractivity contribution is 5.92. The van der Waals surface area contributed by atoms with Gasteiger partial charge >= 0.3 is 0 Å². The van der Waals surface area contributed by atoms with Crippen molar-refractivity contribution in [3.05, 3.63) is 11.8 Å². The van der Waals surface area contributed by atoms with Crippen LogP contribution in [0.15, 0.2) is 11.8 Å². The molecule has 1 aliphatic heterocycles. The van der Waals surface area contributed by atoms with Crippen molar-refractivity contribution in [1.29, 1.82) is 0 Å². The van der Waals surface area contributed by atoms with E-state index in [1.807, 2.05) is 6.92 Å². The molecule has 2 aliphatic rings. The van der Waals surface area contributed by atoms with E-state index in [0.717, 1.165) is 18.7 Å². The summed E-state index contributed by atoms with van der Waals surface area (Å²) in [4.78, 5) is 13.3. The van der Waals surface area contributed by atoms with Crippen LogP contribution in [0.5, 0.6) is 0 Å². The molecule has 84 valence electrons. The lowest BCUT2D eigenvalue weighted by atomic mass is 10.2. The predicted molar refractivity (Wildman–Crippen MR) is 55.3 cm³/mol. The molecule has 1 aliphatic carbocycles. The van der Waals surface area contributed by atoms with Crippen LogP contribution in [0.3, 0.4) is 0 Å². The van der Waals surface area contributed by atoms with E-state index < -0.39 is 0 Å². The van der Waals surface area contributed by atoms with E-state index in [0.29, 0.717) is 13.0 Å². The third kappa shape index (κ3) is 2.38. The van der Waals surface area contributed by atoms with Gasteiger partial charge in [0.1, 0.15) is 0 Å². The lowest BCUT2D eigenvalue weighted by Crippen LogP contribution is -2.47. The van der Waals surface area contributed by atoms with Crippen LogP contribution in [0.25, 0.3) is 0 Å². The van der Waals surface area contributed by atoms with Gasteiger partial charge in [-0.1, -0.05) is 0 Å². The summed E-state index contributed by atoms with van der Waals surface area (Å²) in [5.41, 5.74) is 1.11. The fraction of sp³-hybridized carbons (Fsp3) is 0.727. The number of rotatable bonds is 2. The maximum Gasteiger partial charge on any atom is 0.157 e. The summed E-state index contributed by atoms with van der Waals surface area (Å²) >= 11 is 0. The monoisotopic (exact) mass is 211 g/mol. The molecule has 4 heteroatoms. The van der Waals surface area contributed by atoms with Crippen molar-refractivity contribution in [3.63, 3.8) is 0 Å². The summed E-state index contributed by atoms with van der Waals surface area (Å²) in [6.07, 6.45) is 3.19. The van der Waals surface area contributed by atoms with Crippen LogP contribution in [-0.2, 0) is 9.53 Å². The second-order valence-corrected chi connectivity index (χ2v) is 4.26. The number of aliphatic hydroxyl groups is 1. The van der Waals surface area contributed by atoms with Gasteiger partial charge in [-0.15, -0.1) is 0 Å². The maximum absolute atomic E-state index is 11.1. The van der Waals surface area contributed by atoms with Crippen molar-refractivity contribution in [2.24, 2.45) is 0 Å². The third-order valence-electron chi connectivity index (χ3n) is 2.89. The first-order chi connectivity index (χ1) is 7.19. The van der Waals surface area contributed by atoms with Crippen molar-refractivity contribution in [2.45, 2.75) is 32.0 Å². The number of ether oxygens (including phenoxy) is 1. The molecule has 2 atom stereocenters. The van der Waals surface area contributed by atoms with Crippen molar-refractivity contribution in [3.8, 4) is 0 Å². The molecule has 2 rings (SSSR count).